The highest BCUT2D eigenvalue weighted by molar-refractivity contribution is 6.06. The summed E-state index contributed by atoms with van der Waals surface area (Å²) in [5, 5.41) is 8.82. The topological polar surface area (TPSA) is 84.2 Å². The van der Waals surface area contributed by atoms with Gasteiger partial charge in [0, 0.05) is 11.3 Å². The van der Waals surface area contributed by atoms with Crippen molar-refractivity contribution in [2.24, 2.45) is 0 Å². The molecule has 2 heterocycles. The molecule has 90 valence electrons. The Morgan fingerprint density at radius 2 is 2.33 bits per heavy atom. The van der Waals surface area contributed by atoms with Crippen LogP contribution >= 0.6 is 0 Å². The lowest BCUT2D eigenvalue weighted by Gasteiger charge is -2.04. The molecule has 0 fully saturated rings. The maximum Gasteiger partial charge on any atom is 0.255 e. The number of amides is 2. The van der Waals surface area contributed by atoms with E-state index in [-0.39, 0.29) is 11.8 Å². The normalized spacial score (nSPS) is 13.0. The molecule has 0 radical (unpaired) electrons. The molecule has 0 bridgehead atoms. The van der Waals surface area contributed by atoms with Crippen LogP contribution < -0.4 is 10.6 Å². The van der Waals surface area contributed by atoms with Gasteiger partial charge in [-0.1, -0.05) is 11.2 Å². The van der Waals surface area contributed by atoms with Crippen molar-refractivity contribution in [3.05, 3.63) is 41.8 Å². The van der Waals surface area contributed by atoms with Gasteiger partial charge in [0.15, 0.2) is 0 Å². The fourth-order valence-corrected chi connectivity index (χ4v) is 1.83. The zero-order chi connectivity index (χ0) is 12.5. The Balaban J connectivity index is 1.83. The van der Waals surface area contributed by atoms with E-state index in [2.05, 4.69) is 20.3 Å². The van der Waals surface area contributed by atoms with Gasteiger partial charge in [0.2, 0.25) is 5.91 Å². The van der Waals surface area contributed by atoms with Crippen LogP contribution in [0.25, 0.3) is 0 Å². The van der Waals surface area contributed by atoms with E-state index in [9.17, 15) is 9.59 Å². The average Bonchev–Trinajstić information content (AvgIpc) is 2.95. The zero-order valence-corrected chi connectivity index (χ0v) is 9.27. The molecule has 1 aliphatic heterocycles. The molecule has 0 spiro atoms. The minimum absolute atomic E-state index is 0.0541. The van der Waals surface area contributed by atoms with Crippen LogP contribution in [0.4, 0.5) is 11.4 Å². The molecule has 2 N–H and O–H groups in total. The van der Waals surface area contributed by atoms with E-state index in [0.717, 1.165) is 5.56 Å². The summed E-state index contributed by atoms with van der Waals surface area (Å²) in [5.41, 5.74) is 2.56. The number of carbonyl (C=O) groups is 2. The molecule has 0 atom stereocenters. The van der Waals surface area contributed by atoms with Crippen molar-refractivity contribution in [1.29, 1.82) is 0 Å². The highest BCUT2D eigenvalue weighted by atomic mass is 16.5. The Morgan fingerprint density at radius 1 is 1.44 bits per heavy atom. The molecule has 3 rings (SSSR count). The van der Waals surface area contributed by atoms with Crippen LogP contribution in [0.1, 0.15) is 15.9 Å². The molecule has 6 nitrogen and oxygen atoms in total. The van der Waals surface area contributed by atoms with Crippen LogP contribution in [0.15, 0.2) is 35.2 Å². The minimum Gasteiger partial charge on any atom is -0.363 e. The molecule has 18 heavy (non-hydrogen) atoms. The molecule has 2 aromatic rings. The van der Waals surface area contributed by atoms with E-state index in [0.29, 0.717) is 23.4 Å². The van der Waals surface area contributed by atoms with Crippen LogP contribution in [-0.4, -0.2) is 17.0 Å². The number of aromatic nitrogens is 1. The standard InChI is InChI=1S/C12H9N3O3/c16-11-4-7-1-2-8(3-10(7)15-11)12(17)14-9-5-13-18-6-9/h1-3,5-6H,4H2,(H,14,17)(H,15,16). The summed E-state index contributed by atoms with van der Waals surface area (Å²) in [4.78, 5) is 23.1. The molecular formula is C12H9N3O3. The number of benzene rings is 1. The van der Waals surface area contributed by atoms with Gasteiger partial charge in [0.05, 0.1) is 12.6 Å². The van der Waals surface area contributed by atoms with Crippen LogP contribution in [0.2, 0.25) is 0 Å². The quantitative estimate of drug-likeness (QED) is 0.835. The number of fused-ring (bicyclic) bond motifs is 1. The monoisotopic (exact) mass is 243 g/mol. The third-order valence-corrected chi connectivity index (χ3v) is 2.69. The predicted octanol–water partition coefficient (Wildman–Crippen LogP) is 1.42. The average molecular weight is 243 g/mol. The molecule has 1 aliphatic rings. The van der Waals surface area contributed by atoms with E-state index in [1.54, 1.807) is 18.2 Å². The van der Waals surface area contributed by atoms with Gasteiger partial charge >= 0.3 is 0 Å². The fourth-order valence-electron chi connectivity index (χ4n) is 1.83. The van der Waals surface area contributed by atoms with Crippen LogP contribution in [0.5, 0.6) is 0 Å². The number of nitrogens with zero attached hydrogens (tertiary/aromatic N) is 1. The lowest BCUT2D eigenvalue weighted by Crippen LogP contribution is -2.11. The smallest absolute Gasteiger partial charge is 0.255 e. The van der Waals surface area contributed by atoms with Gasteiger partial charge in [-0.05, 0) is 17.7 Å². The number of hydrogen-bond acceptors (Lipinski definition) is 4. The molecular weight excluding hydrogens is 234 g/mol. The van der Waals surface area contributed by atoms with Crippen molar-refractivity contribution >= 4 is 23.2 Å². The summed E-state index contributed by atoms with van der Waals surface area (Å²) >= 11 is 0. The van der Waals surface area contributed by atoms with Gasteiger partial charge in [-0.2, -0.15) is 0 Å². The van der Waals surface area contributed by atoms with E-state index >= 15 is 0 Å². The predicted molar refractivity (Wildman–Crippen MR) is 63.2 cm³/mol. The Morgan fingerprint density at radius 3 is 3.11 bits per heavy atom. The van der Waals surface area contributed by atoms with E-state index in [1.807, 2.05) is 0 Å². The van der Waals surface area contributed by atoms with E-state index in [1.165, 1.54) is 12.5 Å². The van der Waals surface area contributed by atoms with E-state index in [4.69, 9.17) is 0 Å². The van der Waals surface area contributed by atoms with Crippen molar-refractivity contribution < 1.29 is 14.1 Å². The van der Waals surface area contributed by atoms with E-state index < -0.39 is 0 Å². The van der Waals surface area contributed by atoms with Gasteiger partial charge < -0.3 is 15.2 Å². The van der Waals surface area contributed by atoms with Gasteiger partial charge in [0.1, 0.15) is 12.0 Å². The summed E-state index contributed by atoms with van der Waals surface area (Å²) in [6.07, 6.45) is 3.11. The molecule has 6 heteroatoms. The Labute approximate surface area is 102 Å². The summed E-state index contributed by atoms with van der Waals surface area (Å²) in [5.74, 6) is -0.330. The SMILES string of the molecule is O=C1Cc2ccc(C(=O)Nc3cnoc3)cc2N1. The van der Waals surface area contributed by atoms with Crippen molar-refractivity contribution in [3.8, 4) is 0 Å². The minimum atomic E-state index is -0.276. The number of hydrogen-bond donors (Lipinski definition) is 2. The highest BCUT2D eigenvalue weighted by Crippen LogP contribution is 2.24. The molecule has 0 saturated carbocycles. The largest absolute Gasteiger partial charge is 0.363 e. The summed E-state index contributed by atoms with van der Waals surface area (Å²) in [6.45, 7) is 0. The summed E-state index contributed by atoms with van der Waals surface area (Å²) in [7, 11) is 0. The first-order valence-corrected chi connectivity index (χ1v) is 5.36. The number of anilines is 2. The second-order valence-corrected chi connectivity index (χ2v) is 3.96. The molecule has 1 aromatic heterocycles. The summed E-state index contributed by atoms with van der Waals surface area (Å²) in [6, 6.07) is 5.11. The second-order valence-electron chi connectivity index (χ2n) is 3.96. The maximum atomic E-state index is 11.9. The number of carbonyl (C=O) groups excluding carboxylic acids is 2. The number of rotatable bonds is 2. The number of nitrogens with one attached hydrogen (secondary N) is 2. The Hall–Kier alpha value is -2.63. The lowest BCUT2D eigenvalue weighted by molar-refractivity contribution is -0.115. The molecule has 0 aliphatic carbocycles. The molecule has 0 unspecified atom stereocenters. The van der Waals surface area contributed by atoms with Crippen molar-refractivity contribution in [2.45, 2.75) is 6.42 Å². The second kappa shape index (κ2) is 3.99. The highest BCUT2D eigenvalue weighted by Gasteiger charge is 2.19. The van der Waals surface area contributed by atoms with Crippen LogP contribution in [-0.2, 0) is 11.2 Å². The Bertz CT molecular complexity index is 620. The third kappa shape index (κ3) is 1.84. The first kappa shape index (κ1) is 10.5. The van der Waals surface area contributed by atoms with Crippen molar-refractivity contribution in [2.75, 3.05) is 10.6 Å². The fraction of sp³-hybridized carbons (Fsp3) is 0.0833. The van der Waals surface area contributed by atoms with Crippen molar-refractivity contribution in [3.63, 3.8) is 0 Å². The third-order valence-electron chi connectivity index (χ3n) is 2.69. The van der Waals surface area contributed by atoms with Gasteiger partial charge in [-0.15, -0.1) is 0 Å². The van der Waals surface area contributed by atoms with Gasteiger partial charge in [-0.3, -0.25) is 9.59 Å². The van der Waals surface area contributed by atoms with Crippen molar-refractivity contribution in [1.82, 2.24) is 5.16 Å². The van der Waals surface area contributed by atoms with Gasteiger partial charge in [-0.25, -0.2) is 0 Å². The summed E-state index contributed by atoms with van der Waals surface area (Å²) < 4.78 is 4.62. The first-order valence-electron chi connectivity index (χ1n) is 5.36. The molecule has 0 saturated heterocycles. The van der Waals surface area contributed by atoms with Crippen LogP contribution in [0, 0.1) is 0 Å². The molecule has 2 amide bonds. The zero-order valence-electron chi connectivity index (χ0n) is 9.27. The van der Waals surface area contributed by atoms with Gasteiger partial charge in [0.25, 0.3) is 5.91 Å². The van der Waals surface area contributed by atoms with Crippen LogP contribution in [0.3, 0.4) is 0 Å². The Kier molecular flexibility index (Phi) is 2.33. The molecule has 1 aromatic carbocycles. The first-order chi connectivity index (χ1) is 8.72. The lowest BCUT2D eigenvalue weighted by atomic mass is 10.1. The maximum absolute atomic E-state index is 11.9.